The summed E-state index contributed by atoms with van der Waals surface area (Å²) in [5.41, 5.74) is 2.50. The summed E-state index contributed by atoms with van der Waals surface area (Å²) in [6.07, 6.45) is 3.95. The van der Waals surface area contributed by atoms with Gasteiger partial charge in [-0.2, -0.15) is 5.10 Å². The van der Waals surface area contributed by atoms with Gasteiger partial charge in [-0.1, -0.05) is 30.3 Å². The van der Waals surface area contributed by atoms with E-state index in [0.29, 0.717) is 0 Å². The van der Waals surface area contributed by atoms with Crippen molar-refractivity contribution in [2.45, 2.75) is 19.4 Å². The molecule has 0 fully saturated rings. The first kappa shape index (κ1) is 15.1. The molecule has 2 N–H and O–H groups in total. The highest BCUT2D eigenvalue weighted by molar-refractivity contribution is 5.79. The largest absolute Gasteiger partial charge is 0.356 e. The van der Waals surface area contributed by atoms with E-state index in [2.05, 4.69) is 45.0 Å². The summed E-state index contributed by atoms with van der Waals surface area (Å²) in [5, 5.41) is 10.8. The molecule has 21 heavy (non-hydrogen) atoms. The summed E-state index contributed by atoms with van der Waals surface area (Å²) >= 11 is 0. The first-order valence-electron chi connectivity index (χ1n) is 7.25. The third-order valence-corrected chi connectivity index (χ3v) is 3.36. The van der Waals surface area contributed by atoms with E-state index in [-0.39, 0.29) is 0 Å². The predicted octanol–water partition coefficient (Wildman–Crippen LogP) is 1.72. The fourth-order valence-corrected chi connectivity index (χ4v) is 2.11. The van der Waals surface area contributed by atoms with Gasteiger partial charge >= 0.3 is 0 Å². The van der Waals surface area contributed by atoms with Crippen molar-refractivity contribution in [3.63, 3.8) is 0 Å². The molecule has 1 aromatic carbocycles. The van der Waals surface area contributed by atoms with Gasteiger partial charge in [0, 0.05) is 26.8 Å². The molecule has 0 aliphatic heterocycles. The molecule has 0 saturated carbocycles. The van der Waals surface area contributed by atoms with Crippen LogP contribution in [-0.4, -0.2) is 29.3 Å². The maximum absolute atomic E-state index is 4.23. The SMILES string of the molecule is CN=C(NCCCc1ccccc1)NCc1ccnn1C. The van der Waals surface area contributed by atoms with Crippen LogP contribution in [0.25, 0.3) is 0 Å². The molecule has 0 aliphatic rings. The Morgan fingerprint density at radius 2 is 2.00 bits per heavy atom. The molecule has 2 aromatic rings. The summed E-state index contributed by atoms with van der Waals surface area (Å²) in [6, 6.07) is 12.5. The summed E-state index contributed by atoms with van der Waals surface area (Å²) in [6.45, 7) is 1.62. The third-order valence-electron chi connectivity index (χ3n) is 3.36. The van der Waals surface area contributed by atoms with Crippen molar-refractivity contribution in [3.8, 4) is 0 Å². The van der Waals surface area contributed by atoms with Crippen LogP contribution in [0.4, 0.5) is 0 Å². The van der Waals surface area contributed by atoms with Gasteiger partial charge < -0.3 is 10.6 Å². The minimum Gasteiger partial charge on any atom is -0.356 e. The lowest BCUT2D eigenvalue weighted by Gasteiger charge is -2.12. The number of hydrogen-bond acceptors (Lipinski definition) is 2. The van der Waals surface area contributed by atoms with E-state index in [1.54, 1.807) is 13.2 Å². The first-order valence-corrected chi connectivity index (χ1v) is 7.25. The Morgan fingerprint density at radius 3 is 2.67 bits per heavy atom. The molecule has 1 heterocycles. The van der Waals surface area contributed by atoms with Crippen molar-refractivity contribution in [2.75, 3.05) is 13.6 Å². The van der Waals surface area contributed by atoms with Gasteiger partial charge in [-0.15, -0.1) is 0 Å². The smallest absolute Gasteiger partial charge is 0.191 e. The van der Waals surface area contributed by atoms with Gasteiger partial charge in [0.15, 0.2) is 5.96 Å². The maximum Gasteiger partial charge on any atom is 0.191 e. The molecule has 5 heteroatoms. The molecule has 0 radical (unpaired) electrons. The Balaban J connectivity index is 1.67. The van der Waals surface area contributed by atoms with Crippen molar-refractivity contribution >= 4 is 5.96 Å². The highest BCUT2D eigenvalue weighted by atomic mass is 15.3. The van der Waals surface area contributed by atoms with Gasteiger partial charge in [-0.25, -0.2) is 0 Å². The van der Waals surface area contributed by atoms with Crippen LogP contribution in [0.5, 0.6) is 0 Å². The van der Waals surface area contributed by atoms with Crippen molar-refractivity contribution in [3.05, 3.63) is 53.9 Å². The minimum atomic E-state index is 0.717. The van der Waals surface area contributed by atoms with Crippen LogP contribution in [0.1, 0.15) is 17.7 Å². The lowest BCUT2D eigenvalue weighted by Crippen LogP contribution is -2.37. The zero-order chi connectivity index (χ0) is 14.9. The van der Waals surface area contributed by atoms with E-state index in [1.807, 2.05) is 23.9 Å². The van der Waals surface area contributed by atoms with Gasteiger partial charge in [-0.05, 0) is 24.5 Å². The third kappa shape index (κ3) is 4.95. The average Bonchev–Trinajstić information content (AvgIpc) is 2.93. The Kier molecular flexibility index (Phi) is 5.82. The number of aryl methyl sites for hydroxylation is 2. The number of aromatic nitrogens is 2. The quantitative estimate of drug-likeness (QED) is 0.483. The second kappa shape index (κ2) is 8.09. The van der Waals surface area contributed by atoms with Crippen LogP contribution in [0, 0.1) is 0 Å². The Labute approximate surface area is 126 Å². The molecule has 112 valence electrons. The number of aliphatic imine (C=N–C) groups is 1. The molecule has 0 aliphatic carbocycles. The van der Waals surface area contributed by atoms with Gasteiger partial charge in [0.2, 0.25) is 0 Å². The average molecular weight is 285 g/mol. The Morgan fingerprint density at radius 1 is 1.19 bits per heavy atom. The van der Waals surface area contributed by atoms with E-state index in [0.717, 1.165) is 37.6 Å². The minimum absolute atomic E-state index is 0.717. The summed E-state index contributed by atoms with van der Waals surface area (Å²) in [7, 11) is 3.73. The number of nitrogens with zero attached hydrogens (tertiary/aromatic N) is 3. The van der Waals surface area contributed by atoms with Crippen LogP contribution in [0.2, 0.25) is 0 Å². The van der Waals surface area contributed by atoms with Gasteiger partial charge in [0.05, 0.1) is 12.2 Å². The first-order chi connectivity index (χ1) is 10.3. The lowest BCUT2D eigenvalue weighted by atomic mass is 10.1. The molecule has 1 aromatic heterocycles. The summed E-state index contributed by atoms with van der Waals surface area (Å²) in [5.74, 6) is 0.823. The molecule has 0 saturated heterocycles. The number of nitrogens with one attached hydrogen (secondary N) is 2. The number of hydrogen-bond donors (Lipinski definition) is 2. The molecular formula is C16H23N5. The van der Waals surface area contributed by atoms with E-state index < -0.39 is 0 Å². The topological polar surface area (TPSA) is 54.2 Å². The number of guanidine groups is 1. The normalized spacial score (nSPS) is 11.4. The van der Waals surface area contributed by atoms with Crippen molar-refractivity contribution in [1.29, 1.82) is 0 Å². The molecular weight excluding hydrogens is 262 g/mol. The molecule has 0 atom stereocenters. The maximum atomic E-state index is 4.23. The zero-order valence-corrected chi connectivity index (χ0v) is 12.7. The molecule has 0 unspecified atom stereocenters. The van der Waals surface area contributed by atoms with E-state index in [4.69, 9.17) is 0 Å². The van der Waals surface area contributed by atoms with Crippen LogP contribution in [0.15, 0.2) is 47.6 Å². The molecule has 0 bridgehead atoms. The van der Waals surface area contributed by atoms with Crippen LogP contribution < -0.4 is 10.6 Å². The zero-order valence-electron chi connectivity index (χ0n) is 12.7. The molecule has 5 nitrogen and oxygen atoms in total. The highest BCUT2D eigenvalue weighted by Crippen LogP contribution is 2.01. The van der Waals surface area contributed by atoms with Crippen LogP contribution in [0.3, 0.4) is 0 Å². The van der Waals surface area contributed by atoms with Gasteiger partial charge in [-0.3, -0.25) is 9.67 Å². The molecule has 0 amide bonds. The van der Waals surface area contributed by atoms with Crippen molar-refractivity contribution in [2.24, 2.45) is 12.0 Å². The molecule has 0 spiro atoms. The highest BCUT2D eigenvalue weighted by Gasteiger charge is 2.01. The van der Waals surface area contributed by atoms with Crippen LogP contribution in [-0.2, 0) is 20.0 Å². The van der Waals surface area contributed by atoms with E-state index in [9.17, 15) is 0 Å². The van der Waals surface area contributed by atoms with Crippen molar-refractivity contribution in [1.82, 2.24) is 20.4 Å². The standard InChI is InChI=1S/C16H23N5/c1-17-16(19-13-15-10-12-20-21(15)2)18-11-6-9-14-7-4-3-5-8-14/h3-5,7-8,10,12H,6,9,11,13H2,1-2H3,(H2,17,18,19). The fourth-order valence-electron chi connectivity index (χ4n) is 2.11. The fraction of sp³-hybridized carbons (Fsp3) is 0.375. The van der Waals surface area contributed by atoms with E-state index >= 15 is 0 Å². The summed E-state index contributed by atoms with van der Waals surface area (Å²) in [4.78, 5) is 4.23. The molecule has 2 rings (SSSR count). The second-order valence-electron chi connectivity index (χ2n) is 4.89. The van der Waals surface area contributed by atoms with Gasteiger partial charge in [0.25, 0.3) is 0 Å². The second-order valence-corrected chi connectivity index (χ2v) is 4.89. The number of rotatable bonds is 6. The van der Waals surface area contributed by atoms with E-state index in [1.165, 1.54) is 5.56 Å². The van der Waals surface area contributed by atoms with Gasteiger partial charge in [0.1, 0.15) is 0 Å². The number of benzene rings is 1. The predicted molar refractivity (Wildman–Crippen MR) is 86.2 cm³/mol. The lowest BCUT2D eigenvalue weighted by molar-refractivity contribution is 0.680. The summed E-state index contributed by atoms with van der Waals surface area (Å²) < 4.78 is 1.86. The Bertz CT molecular complexity index is 559. The monoisotopic (exact) mass is 285 g/mol. The Hall–Kier alpha value is -2.30. The van der Waals surface area contributed by atoms with Crippen LogP contribution >= 0.6 is 0 Å². The van der Waals surface area contributed by atoms with Crippen molar-refractivity contribution < 1.29 is 0 Å².